The average Bonchev–Trinajstić information content (AvgIpc) is 3.01. The Hall–Kier alpha value is -1.76. The zero-order chi connectivity index (χ0) is 16.2. The van der Waals surface area contributed by atoms with Crippen molar-refractivity contribution in [3.63, 3.8) is 0 Å². The molecular formula is C17H25ClN4O2. The fourth-order valence-corrected chi connectivity index (χ4v) is 3.19. The van der Waals surface area contributed by atoms with Crippen molar-refractivity contribution < 1.29 is 9.47 Å². The van der Waals surface area contributed by atoms with E-state index in [9.17, 15) is 0 Å². The fourth-order valence-electron chi connectivity index (χ4n) is 3.19. The molecule has 7 heteroatoms. The molecule has 1 N–H and O–H groups in total. The SMILES string of the molecule is COc1cccc(CN2CCNCC2c2nccn2C)c1OC.Cl. The van der Waals surface area contributed by atoms with E-state index in [1.807, 2.05) is 31.6 Å². The molecule has 0 aliphatic carbocycles. The third-order valence-electron chi connectivity index (χ3n) is 4.37. The minimum atomic E-state index is 0. The summed E-state index contributed by atoms with van der Waals surface area (Å²) < 4.78 is 13.1. The number of ether oxygens (including phenoxy) is 2. The summed E-state index contributed by atoms with van der Waals surface area (Å²) >= 11 is 0. The van der Waals surface area contributed by atoms with E-state index in [1.165, 1.54) is 0 Å². The van der Waals surface area contributed by atoms with Crippen LogP contribution in [-0.4, -0.2) is 48.3 Å². The van der Waals surface area contributed by atoms with Crippen LogP contribution in [0.15, 0.2) is 30.6 Å². The number of methoxy groups -OCH3 is 2. The second-order valence-corrected chi connectivity index (χ2v) is 5.74. The van der Waals surface area contributed by atoms with E-state index in [4.69, 9.17) is 9.47 Å². The first kappa shape index (κ1) is 18.6. The van der Waals surface area contributed by atoms with Crippen molar-refractivity contribution in [1.82, 2.24) is 19.8 Å². The predicted molar refractivity (Wildman–Crippen MR) is 96.0 cm³/mol. The summed E-state index contributed by atoms with van der Waals surface area (Å²) in [5, 5.41) is 3.47. The smallest absolute Gasteiger partial charge is 0.165 e. The number of para-hydroxylation sites is 1. The van der Waals surface area contributed by atoms with Gasteiger partial charge in [-0.05, 0) is 6.07 Å². The quantitative estimate of drug-likeness (QED) is 0.892. The number of nitrogens with zero attached hydrogens (tertiary/aromatic N) is 3. The van der Waals surface area contributed by atoms with Gasteiger partial charge in [-0.2, -0.15) is 0 Å². The summed E-state index contributed by atoms with van der Waals surface area (Å²) in [6.45, 7) is 3.65. The number of halogens is 1. The molecule has 0 radical (unpaired) electrons. The second kappa shape index (κ2) is 8.37. The Morgan fingerprint density at radius 3 is 2.79 bits per heavy atom. The molecule has 132 valence electrons. The monoisotopic (exact) mass is 352 g/mol. The van der Waals surface area contributed by atoms with Gasteiger partial charge in [0.1, 0.15) is 5.82 Å². The molecule has 1 saturated heterocycles. The number of imidazole rings is 1. The lowest BCUT2D eigenvalue weighted by atomic mass is 10.1. The van der Waals surface area contributed by atoms with Crippen molar-refractivity contribution in [1.29, 1.82) is 0 Å². The summed E-state index contributed by atoms with van der Waals surface area (Å²) in [5.41, 5.74) is 1.13. The van der Waals surface area contributed by atoms with E-state index < -0.39 is 0 Å². The normalized spacial score (nSPS) is 18.0. The van der Waals surface area contributed by atoms with Gasteiger partial charge < -0.3 is 19.4 Å². The molecule has 0 saturated carbocycles. The van der Waals surface area contributed by atoms with Gasteiger partial charge in [0, 0.05) is 51.2 Å². The number of piperazine rings is 1. The van der Waals surface area contributed by atoms with Gasteiger partial charge in [-0.25, -0.2) is 4.98 Å². The number of rotatable bonds is 5. The van der Waals surface area contributed by atoms with Crippen LogP contribution in [0.25, 0.3) is 0 Å². The van der Waals surface area contributed by atoms with Crippen molar-refractivity contribution in [2.45, 2.75) is 12.6 Å². The van der Waals surface area contributed by atoms with Crippen LogP contribution in [0.4, 0.5) is 0 Å². The van der Waals surface area contributed by atoms with E-state index in [2.05, 4.69) is 25.8 Å². The maximum atomic E-state index is 5.57. The lowest BCUT2D eigenvalue weighted by Crippen LogP contribution is -2.46. The standard InChI is InChI=1S/C17H24N4O2.ClH/c1-20-9-8-19-17(20)14-11-18-7-10-21(14)12-13-5-4-6-15(22-2)16(13)23-3;/h4-6,8-9,14,18H,7,10-12H2,1-3H3;1H. The third-order valence-corrected chi connectivity index (χ3v) is 4.37. The predicted octanol–water partition coefficient (Wildman–Crippen LogP) is 2.01. The van der Waals surface area contributed by atoms with Gasteiger partial charge in [-0.15, -0.1) is 12.4 Å². The Balaban J connectivity index is 0.00000208. The van der Waals surface area contributed by atoms with Crippen molar-refractivity contribution >= 4 is 12.4 Å². The minimum absolute atomic E-state index is 0. The van der Waals surface area contributed by atoms with E-state index >= 15 is 0 Å². The summed E-state index contributed by atoms with van der Waals surface area (Å²) in [6.07, 6.45) is 3.85. The first-order valence-corrected chi connectivity index (χ1v) is 7.86. The molecule has 0 amide bonds. The zero-order valence-electron chi connectivity index (χ0n) is 14.4. The number of benzene rings is 1. The average molecular weight is 353 g/mol. The van der Waals surface area contributed by atoms with Crippen LogP contribution in [0.5, 0.6) is 11.5 Å². The van der Waals surface area contributed by atoms with E-state index in [-0.39, 0.29) is 18.4 Å². The Labute approximate surface area is 149 Å². The van der Waals surface area contributed by atoms with Gasteiger partial charge >= 0.3 is 0 Å². The molecular weight excluding hydrogens is 328 g/mol. The second-order valence-electron chi connectivity index (χ2n) is 5.74. The number of hydrogen-bond acceptors (Lipinski definition) is 5. The van der Waals surface area contributed by atoms with Gasteiger partial charge in [0.05, 0.1) is 20.3 Å². The van der Waals surface area contributed by atoms with Crippen molar-refractivity contribution in [3.05, 3.63) is 42.0 Å². The Morgan fingerprint density at radius 1 is 1.29 bits per heavy atom. The van der Waals surface area contributed by atoms with Gasteiger partial charge in [0.2, 0.25) is 0 Å². The number of aryl methyl sites for hydroxylation is 1. The molecule has 1 aromatic carbocycles. The lowest BCUT2D eigenvalue weighted by Gasteiger charge is -2.36. The lowest BCUT2D eigenvalue weighted by molar-refractivity contribution is 0.143. The number of aromatic nitrogens is 2. The van der Waals surface area contributed by atoms with Crippen LogP contribution < -0.4 is 14.8 Å². The fraction of sp³-hybridized carbons (Fsp3) is 0.471. The Bertz CT molecular complexity index is 662. The molecule has 1 aliphatic rings. The van der Waals surface area contributed by atoms with Crippen molar-refractivity contribution in [2.24, 2.45) is 7.05 Å². The van der Waals surface area contributed by atoms with Crippen molar-refractivity contribution in [2.75, 3.05) is 33.9 Å². The molecule has 1 unspecified atom stereocenters. The van der Waals surface area contributed by atoms with Crippen molar-refractivity contribution in [3.8, 4) is 11.5 Å². The van der Waals surface area contributed by atoms with Crippen LogP contribution in [-0.2, 0) is 13.6 Å². The molecule has 0 bridgehead atoms. The summed E-state index contributed by atoms with van der Waals surface area (Å²) in [5.74, 6) is 2.67. The largest absolute Gasteiger partial charge is 0.493 e. The highest BCUT2D eigenvalue weighted by Gasteiger charge is 2.27. The van der Waals surface area contributed by atoms with Crippen LogP contribution in [0.3, 0.4) is 0 Å². The van der Waals surface area contributed by atoms with Gasteiger partial charge in [0.25, 0.3) is 0 Å². The van der Waals surface area contributed by atoms with Crippen LogP contribution >= 0.6 is 12.4 Å². The van der Waals surface area contributed by atoms with Crippen LogP contribution in [0, 0.1) is 0 Å². The van der Waals surface area contributed by atoms with Gasteiger partial charge in [-0.3, -0.25) is 4.90 Å². The molecule has 1 aliphatic heterocycles. The molecule has 24 heavy (non-hydrogen) atoms. The molecule has 2 heterocycles. The summed E-state index contributed by atoms with van der Waals surface area (Å²) in [7, 11) is 5.40. The topological polar surface area (TPSA) is 51.5 Å². The molecule has 3 rings (SSSR count). The first-order valence-electron chi connectivity index (χ1n) is 7.86. The molecule has 0 spiro atoms. The third kappa shape index (κ3) is 3.66. The van der Waals surface area contributed by atoms with Crippen LogP contribution in [0.1, 0.15) is 17.4 Å². The number of nitrogens with one attached hydrogen (secondary N) is 1. The van der Waals surface area contributed by atoms with Gasteiger partial charge in [-0.1, -0.05) is 12.1 Å². The molecule has 1 fully saturated rings. The highest BCUT2D eigenvalue weighted by atomic mass is 35.5. The van der Waals surface area contributed by atoms with E-state index in [1.54, 1.807) is 14.2 Å². The maximum Gasteiger partial charge on any atom is 0.165 e. The van der Waals surface area contributed by atoms with E-state index in [0.717, 1.165) is 49.1 Å². The van der Waals surface area contributed by atoms with Gasteiger partial charge in [0.15, 0.2) is 11.5 Å². The van der Waals surface area contributed by atoms with Crippen LogP contribution in [0.2, 0.25) is 0 Å². The summed E-state index contributed by atoms with van der Waals surface area (Å²) in [6, 6.07) is 6.28. The first-order chi connectivity index (χ1) is 11.2. The molecule has 6 nitrogen and oxygen atoms in total. The highest BCUT2D eigenvalue weighted by Crippen LogP contribution is 2.33. The Kier molecular flexibility index (Phi) is 6.48. The summed E-state index contributed by atoms with van der Waals surface area (Å²) in [4.78, 5) is 6.97. The number of hydrogen-bond donors (Lipinski definition) is 1. The molecule has 2 aromatic rings. The minimum Gasteiger partial charge on any atom is -0.493 e. The highest BCUT2D eigenvalue weighted by molar-refractivity contribution is 5.85. The maximum absolute atomic E-state index is 5.57. The van der Waals surface area contributed by atoms with E-state index in [0.29, 0.717) is 0 Å². The Morgan fingerprint density at radius 2 is 2.12 bits per heavy atom. The molecule has 1 atom stereocenters. The molecule has 1 aromatic heterocycles. The zero-order valence-corrected chi connectivity index (χ0v) is 15.2.